The van der Waals surface area contributed by atoms with Crippen LogP contribution in [-0.2, 0) is 0 Å². The van der Waals surface area contributed by atoms with Crippen molar-refractivity contribution in [3.63, 3.8) is 0 Å². The molecular weight excluding hydrogens is 141 g/mol. The second kappa shape index (κ2) is 3.19. The number of rotatable bonds is 1. The Labute approximate surface area is 65.8 Å². The van der Waals surface area contributed by atoms with E-state index in [1.807, 2.05) is 0 Å². The van der Waals surface area contributed by atoms with Gasteiger partial charge >= 0.3 is 0 Å². The van der Waals surface area contributed by atoms with Gasteiger partial charge in [0.2, 0.25) is 0 Å². The molecule has 0 aromatic heterocycles. The van der Waals surface area contributed by atoms with E-state index in [0.29, 0.717) is 5.70 Å². The highest BCUT2D eigenvalue weighted by atomic mass is 19.1. The smallest absolute Gasteiger partial charge is 0.146 e. The van der Waals surface area contributed by atoms with Gasteiger partial charge in [-0.1, -0.05) is 12.7 Å². The van der Waals surface area contributed by atoms with Crippen molar-refractivity contribution >= 4 is 0 Å². The van der Waals surface area contributed by atoms with Gasteiger partial charge in [0.15, 0.2) is 0 Å². The zero-order valence-corrected chi connectivity index (χ0v) is 6.42. The highest BCUT2D eigenvalue weighted by Crippen LogP contribution is 2.19. The Hall–Kier alpha value is -1.31. The van der Waals surface area contributed by atoms with E-state index < -0.39 is 0 Å². The van der Waals surface area contributed by atoms with Crippen molar-refractivity contribution in [3.8, 4) is 0 Å². The van der Waals surface area contributed by atoms with Gasteiger partial charge in [0.25, 0.3) is 0 Å². The molecular formula is C9H10FN. The van der Waals surface area contributed by atoms with Crippen LogP contribution in [-0.4, -0.2) is 11.9 Å². The molecule has 0 spiro atoms. The van der Waals surface area contributed by atoms with Crippen LogP contribution < -0.4 is 0 Å². The molecule has 0 aromatic rings. The van der Waals surface area contributed by atoms with Crippen LogP contribution in [0.2, 0.25) is 0 Å². The summed E-state index contributed by atoms with van der Waals surface area (Å²) in [6, 6.07) is 0. The van der Waals surface area contributed by atoms with Crippen LogP contribution >= 0.6 is 0 Å². The van der Waals surface area contributed by atoms with E-state index in [2.05, 4.69) is 6.58 Å². The van der Waals surface area contributed by atoms with E-state index >= 15 is 0 Å². The third kappa shape index (κ3) is 1.58. The van der Waals surface area contributed by atoms with Crippen molar-refractivity contribution in [1.82, 2.24) is 4.90 Å². The predicted octanol–water partition coefficient (Wildman–Crippen LogP) is 2.37. The van der Waals surface area contributed by atoms with Gasteiger partial charge in [0.1, 0.15) is 5.83 Å². The summed E-state index contributed by atoms with van der Waals surface area (Å²) in [6.07, 6.45) is 8.08. The number of likely N-dealkylation sites (N-methyl/N-ethyl adjacent to an activating group) is 1. The molecule has 1 aliphatic rings. The van der Waals surface area contributed by atoms with E-state index in [0.717, 1.165) is 0 Å². The maximum Gasteiger partial charge on any atom is 0.146 e. The third-order valence-electron chi connectivity index (χ3n) is 1.45. The minimum Gasteiger partial charge on any atom is -0.349 e. The molecule has 0 radical (unpaired) electrons. The van der Waals surface area contributed by atoms with Crippen LogP contribution in [0.5, 0.6) is 0 Å². The van der Waals surface area contributed by atoms with Crippen LogP contribution in [0.1, 0.15) is 0 Å². The minimum atomic E-state index is -0.227. The van der Waals surface area contributed by atoms with E-state index in [1.165, 1.54) is 6.08 Å². The SMILES string of the molecule is C=C/C=C1/C(F)=CC=CN1C. The predicted molar refractivity (Wildman–Crippen MR) is 44.4 cm³/mol. The van der Waals surface area contributed by atoms with Gasteiger partial charge in [0.05, 0.1) is 5.70 Å². The largest absolute Gasteiger partial charge is 0.349 e. The molecule has 0 aliphatic carbocycles. The molecule has 0 saturated carbocycles. The molecule has 0 bridgehead atoms. The monoisotopic (exact) mass is 151 g/mol. The highest BCUT2D eigenvalue weighted by molar-refractivity contribution is 5.34. The summed E-state index contributed by atoms with van der Waals surface area (Å²) in [6.45, 7) is 3.50. The average Bonchev–Trinajstić information content (AvgIpc) is 1.97. The fourth-order valence-electron chi connectivity index (χ4n) is 0.900. The van der Waals surface area contributed by atoms with Crippen molar-refractivity contribution in [1.29, 1.82) is 0 Å². The molecule has 11 heavy (non-hydrogen) atoms. The van der Waals surface area contributed by atoms with Gasteiger partial charge in [-0.25, -0.2) is 4.39 Å². The molecule has 0 unspecified atom stereocenters. The molecule has 0 aromatic carbocycles. The lowest BCUT2D eigenvalue weighted by molar-refractivity contribution is 0.508. The Morgan fingerprint density at radius 1 is 1.64 bits per heavy atom. The van der Waals surface area contributed by atoms with Crippen molar-refractivity contribution < 1.29 is 4.39 Å². The van der Waals surface area contributed by atoms with Crippen molar-refractivity contribution in [2.75, 3.05) is 7.05 Å². The van der Waals surface area contributed by atoms with Gasteiger partial charge in [-0.15, -0.1) is 0 Å². The molecule has 0 amide bonds. The molecule has 58 valence electrons. The Morgan fingerprint density at radius 2 is 2.36 bits per heavy atom. The summed E-state index contributed by atoms with van der Waals surface area (Å²) < 4.78 is 12.9. The first kappa shape index (κ1) is 7.79. The Bertz CT molecular complexity index is 248. The fourth-order valence-corrected chi connectivity index (χ4v) is 0.900. The topological polar surface area (TPSA) is 3.24 Å². The molecule has 2 heteroatoms. The summed E-state index contributed by atoms with van der Waals surface area (Å²) in [5.41, 5.74) is 0.544. The number of hydrogen-bond acceptors (Lipinski definition) is 1. The quantitative estimate of drug-likeness (QED) is 0.556. The second-order valence-corrected chi connectivity index (χ2v) is 2.25. The van der Waals surface area contributed by atoms with E-state index in [4.69, 9.17) is 0 Å². The summed E-state index contributed by atoms with van der Waals surface area (Å²) in [5, 5.41) is 0. The molecule has 1 rings (SSSR count). The average molecular weight is 151 g/mol. The number of hydrogen-bond donors (Lipinski definition) is 0. The van der Waals surface area contributed by atoms with Crippen molar-refractivity contribution in [3.05, 3.63) is 48.6 Å². The molecule has 0 saturated heterocycles. The van der Waals surface area contributed by atoms with E-state index in [-0.39, 0.29) is 5.83 Å². The zero-order valence-electron chi connectivity index (χ0n) is 6.42. The maximum absolute atomic E-state index is 12.9. The first-order valence-corrected chi connectivity index (χ1v) is 3.35. The summed E-state index contributed by atoms with van der Waals surface area (Å²) in [4.78, 5) is 1.71. The van der Waals surface area contributed by atoms with Crippen LogP contribution in [0.3, 0.4) is 0 Å². The van der Waals surface area contributed by atoms with Crippen molar-refractivity contribution in [2.45, 2.75) is 0 Å². The first-order valence-electron chi connectivity index (χ1n) is 3.35. The summed E-state index contributed by atoms with van der Waals surface area (Å²) >= 11 is 0. The number of halogens is 1. The minimum absolute atomic E-state index is 0.227. The molecule has 1 aliphatic heterocycles. The number of nitrogens with zero attached hydrogens (tertiary/aromatic N) is 1. The highest BCUT2D eigenvalue weighted by Gasteiger charge is 2.08. The number of allylic oxidation sites excluding steroid dienone is 5. The standard InChI is InChI=1S/C9H10FN/c1-3-5-9-8(10)6-4-7-11(9)2/h3-7H,1H2,2H3/b9-5-. The lowest BCUT2D eigenvalue weighted by atomic mass is 10.2. The van der Waals surface area contributed by atoms with Gasteiger partial charge < -0.3 is 4.90 Å². The van der Waals surface area contributed by atoms with Gasteiger partial charge in [-0.3, -0.25) is 0 Å². The second-order valence-electron chi connectivity index (χ2n) is 2.25. The summed E-state index contributed by atoms with van der Waals surface area (Å²) in [7, 11) is 1.79. The molecule has 0 atom stereocenters. The lowest BCUT2D eigenvalue weighted by Gasteiger charge is -2.18. The van der Waals surface area contributed by atoms with E-state index in [1.54, 1.807) is 36.4 Å². The third-order valence-corrected chi connectivity index (χ3v) is 1.45. The molecule has 1 nitrogen and oxygen atoms in total. The van der Waals surface area contributed by atoms with Crippen LogP contribution in [0, 0.1) is 0 Å². The van der Waals surface area contributed by atoms with Crippen LogP contribution in [0.25, 0.3) is 0 Å². The van der Waals surface area contributed by atoms with Crippen molar-refractivity contribution in [2.24, 2.45) is 0 Å². The normalized spacial score (nSPS) is 20.4. The fraction of sp³-hybridized carbons (Fsp3) is 0.111. The van der Waals surface area contributed by atoms with Crippen LogP contribution in [0.4, 0.5) is 4.39 Å². The van der Waals surface area contributed by atoms with Gasteiger partial charge in [-0.05, 0) is 18.2 Å². The molecule has 0 N–H and O–H groups in total. The maximum atomic E-state index is 12.9. The lowest BCUT2D eigenvalue weighted by Crippen LogP contribution is -2.12. The first-order chi connectivity index (χ1) is 5.25. The Morgan fingerprint density at radius 3 is 2.91 bits per heavy atom. The zero-order chi connectivity index (χ0) is 8.27. The van der Waals surface area contributed by atoms with E-state index in [9.17, 15) is 4.39 Å². The Balaban J connectivity index is 2.95. The molecule has 1 heterocycles. The van der Waals surface area contributed by atoms with Gasteiger partial charge in [0, 0.05) is 13.2 Å². The van der Waals surface area contributed by atoms with Gasteiger partial charge in [-0.2, -0.15) is 0 Å². The summed E-state index contributed by atoms with van der Waals surface area (Å²) in [5.74, 6) is -0.227. The molecule has 0 fully saturated rings. The Kier molecular flexibility index (Phi) is 2.26. The van der Waals surface area contributed by atoms with Crippen LogP contribution in [0.15, 0.2) is 48.6 Å².